The summed E-state index contributed by atoms with van der Waals surface area (Å²) >= 11 is 0. The number of hydrogen-bond donors (Lipinski definition) is 7. The number of hydrogen-bond acceptors (Lipinski definition) is 12. The van der Waals surface area contributed by atoms with E-state index in [0.717, 1.165) is 12.8 Å². The fourth-order valence-corrected chi connectivity index (χ4v) is 5.60. The third-order valence-corrected chi connectivity index (χ3v) is 7.89. The molecule has 0 aromatic rings. The van der Waals surface area contributed by atoms with Gasteiger partial charge in [-0.2, -0.15) is 0 Å². The van der Waals surface area contributed by atoms with E-state index in [-0.39, 0.29) is 11.5 Å². The third kappa shape index (κ3) is 4.76. The zero-order valence-electron chi connectivity index (χ0n) is 19.6. The van der Waals surface area contributed by atoms with E-state index < -0.39 is 86.3 Å². The second-order valence-corrected chi connectivity index (χ2v) is 10.7. The van der Waals surface area contributed by atoms with Gasteiger partial charge in [-0.3, -0.25) is 0 Å². The lowest BCUT2D eigenvalue weighted by Gasteiger charge is -2.58. The average Bonchev–Trinajstić information content (AvgIpc) is 2.78. The molecule has 5 rings (SSSR count). The van der Waals surface area contributed by atoms with Crippen LogP contribution >= 0.6 is 0 Å². The number of ether oxygens (including phenoxy) is 5. The van der Waals surface area contributed by atoms with Crippen LogP contribution in [0.15, 0.2) is 0 Å². The summed E-state index contributed by atoms with van der Waals surface area (Å²) in [6.07, 6.45) is -12.4. The van der Waals surface area contributed by atoms with Crippen LogP contribution < -0.4 is 0 Å². The summed E-state index contributed by atoms with van der Waals surface area (Å²) in [6, 6.07) is 0. The predicted molar refractivity (Wildman–Crippen MR) is 112 cm³/mol. The molecule has 2 bridgehead atoms. The van der Waals surface area contributed by atoms with Gasteiger partial charge in [-0.25, -0.2) is 0 Å². The molecule has 0 radical (unpaired) electrons. The smallest absolute Gasteiger partial charge is 0.187 e. The minimum atomic E-state index is -1.63. The summed E-state index contributed by atoms with van der Waals surface area (Å²) in [7, 11) is 0. The molecule has 13 atom stereocenters. The van der Waals surface area contributed by atoms with Crippen LogP contribution in [0.2, 0.25) is 0 Å². The van der Waals surface area contributed by atoms with Gasteiger partial charge in [-0.05, 0) is 46.0 Å². The first-order valence-electron chi connectivity index (χ1n) is 11.9. The molecule has 12 nitrogen and oxygen atoms in total. The van der Waals surface area contributed by atoms with E-state index in [9.17, 15) is 35.7 Å². The summed E-state index contributed by atoms with van der Waals surface area (Å²) in [5.41, 5.74) is -0.888. The first-order chi connectivity index (χ1) is 15.9. The fourth-order valence-electron chi connectivity index (χ4n) is 5.60. The predicted octanol–water partition coefficient (Wildman–Crippen LogP) is -2.64. The van der Waals surface area contributed by atoms with Crippen LogP contribution in [0.3, 0.4) is 0 Å². The first kappa shape index (κ1) is 26.6. The molecule has 0 aromatic heterocycles. The zero-order chi connectivity index (χ0) is 25.0. The second kappa shape index (κ2) is 9.77. The molecule has 4 heterocycles. The van der Waals surface area contributed by atoms with Crippen LogP contribution in [0.5, 0.6) is 0 Å². The van der Waals surface area contributed by atoms with Gasteiger partial charge in [0.2, 0.25) is 0 Å². The number of rotatable bonds is 6. The largest absolute Gasteiger partial charge is 0.394 e. The van der Waals surface area contributed by atoms with Crippen molar-refractivity contribution in [1.29, 1.82) is 0 Å². The maximum absolute atomic E-state index is 10.5. The molecule has 198 valence electrons. The van der Waals surface area contributed by atoms with Crippen molar-refractivity contribution in [2.24, 2.45) is 5.92 Å². The van der Waals surface area contributed by atoms with Crippen LogP contribution in [0.25, 0.3) is 0 Å². The van der Waals surface area contributed by atoms with Crippen LogP contribution in [0, 0.1) is 5.92 Å². The van der Waals surface area contributed by atoms with Gasteiger partial charge in [0.1, 0.15) is 48.8 Å². The van der Waals surface area contributed by atoms with E-state index in [0.29, 0.717) is 6.42 Å². The van der Waals surface area contributed by atoms with Crippen molar-refractivity contribution in [2.75, 3.05) is 13.2 Å². The molecule has 0 spiro atoms. The van der Waals surface area contributed by atoms with Crippen molar-refractivity contribution < 1.29 is 59.4 Å². The number of fused-ring (bicyclic) bond motifs is 3. The van der Waals surface area contributed by atoms with E-state index in [4.69, 9.17) is 23.7 Å². The first-order valence-corrected chi connectivity index (χ1v) is 11.9. The van der Waals surface area contributed by atoms with Gasteiger partial charge in [0, 0.05) is 0 Å². The van der Waals surface area contributed by atoms with E-state index in [1.54, 1.807) is 0 Å². The lowest BCUT2D eigenvalue weighted by atomic mass is 9.67. The lowest BCUT2D eigenvalue weighted by molar-refractivity contribution is -0.361. The van der Waals surface area contributed by atoms with Crippen molar-refractivity contribution in [1.82, 2.24) is 0 Å². The molecular formula is C22H38O12. The number of aliphatic hydroxyl groups is 7. The van der Waals surface area contributed by atoms with Crippen molar-refractivity contribution in [3.63, 3.8) is 0 Å². The van der Waals surface area contributed by atoms with Crippen LogP contribution in [0.4, 0.5) is 0 Å². The molecule has 0 aromatic carbocycles. The molecule has 0 amide bonds. The molecule has 5 fully saturated rings. The molecule has 4 aliphatic heterocycles. The minimum Gasteiger partial charge on any atom is -0.394 e. The van der Waals surface area contributed by atoms with Crippen molar-refractivity contribution in [3.05, 3.63) is 0 Å². The van der Waals surface area contributed by atoms with Crippen molar-refractivity contribution in [2.45, 2.75) is 119 Å². The normalized spacial score (nSPS) is 53.1. The van der Waals surface area contributed by atoms with E-state index in [1.165, 1.54) is 0 Å². The minimum absolute atomic E-state index is 0.265. The summed E-state index contributed by atoms with van der Waals surface area (Å²) in [5, 5.41) is 70.6. The van der Waals surface area contributed by atoms with Gasteiger partial charge >= 0.3 is 0 Å². The molecule has 7 N–H and O–H groups in total. The second-order valence-electron chi connectivity index (χ2n) is 10.7. The Labute approximate surface area is 198 Å². The van der Waals surface area contributed by atoms with Crippen molar-refractivity contribution in [3.8, 4) is 0 Å². The molecule has 1 aliphatic carbocycles. The Hall–Kier alpha value is -0.480. The van der Waals surface area contributed by atoms with Crippen LogP contribution in [-0.2, 0) is 23.7 Å². The monoisotopic (exact) mass is 494 g/mol. The maximum atomic E-state index is 10.5. The molecule has 13 unspecified atom stereocenters. The standard InChI is InChI=1S/C22H38O12/c1-21(2)9-4-5-22(3,34-21)12(6-9)33-20-18(29)16(27)14(25)11(32-20)8-30-19-17(28)15(26)13(24)10(7-23)31-19/h9-20,23-29H,4-8H2,1-3H3. The highest BCUT2D eigenvalue weighted by molar-refractivity contribution is 5.04. The third-order valence-electron chi connectivity index (χ3n) is 7.89. The van der Waals surface area contributed by atoms with E-state index in [1.807, 2.05) is 20.8 Å². The van der Waals surface area contributed by atoms with E-state index in [2.05, 4.69) is 0 Å². The summed E-state index contributed by atoms with van der Waals surface area (Å²) in [6.45, 7) is 5.03. The molecule has 4 saturated heterocycles. The van der Waals surface area contributed by atoms with Gasteiger partial charge in [-0.1, -0.05) is 0 Å². The Balaban J connectivity index is 1.40. The summed E-state index contributed by atoms with van der Waals surface area (Å²) in [4.78, 5) is 0. The van der Waals surface area contributed by atoms with E-state index >= 15 is 0 Å². The van der Waals surface area contributed by atoms with Crippen LogP contribution in [0.1, 0.15) is 40.0 Å². The Bertz CT molecular complexity index is 705. The van der Waals surface area contributed by atoms with Gasteiger partial charge in [0.25, 0.3) is 0 Å². The van der Waals surface area contributed by atoms with Gasteiger partial charge in [0.05, 0.1) is 30.5 Å². The Morgan fingerprint density at radius 2 is 1.38 bits per heavy atom. The Morgan fingerprint density at radius 1 is 0.794 bits per heavy atom. The lowest BCUT2D eigenvalue weighted by Crippen LogP contribution is -2.65. The Morgan fingerprint density at radius 3 is 1.97 bits per heavy atom. The average molecular weight is 495 g/mol. The van der Waals surface area contributed by atoms with Crippen molar-refractivity contribution >= 4 is 0 Å². The quantitative estimate of drug-likeness (QED) is 0.204. The Kier molecular flexibility index (Phi) is 7.63. The highest BCUT2D eigenvalue weighted by Crippen LogP contribution is 2.51. The highest BCUT2D eigenvalue weighted by atomic mass is 16.7. The molecular weight excluding hydrogens is 456 g/mol. The summed E-state index contributed by atoms with van der Waals surface area (Å²) in [5.74, 6) is 0.265. The number of aliphatic hydroxyl groups excluding tert-OH is 7. The molecule has 5 aliphatic rings. The SMILES string of the molecule is CC1(C)OC2(C)CCC1CC2OC1OC(COC2OC(CO)C(O)C(O)C2O)C(O)C(O)C1O. The van der Waals surface area contributed by atoms with Gasteiger partial charge in [-0.15, -0.1) is 0 Å². The topological polar surface area (TPSA) is 188 Å². The van der Waals surface area contributed by atoms with Gasteiger partial charge < -0.3 is 59.4 Å². The zero-order valence-corrected chi connectivity index (χ0v) is 19.6. The molecule has 12 heteroatoms. The molecule has 1 saturated carbocycles. The molecule has 34 heavy (non-hydrogen) atoms. The maximum Gasteiger partial charge on any atom is 0.187 e. The fraction of sp³-hybridized carbons (Fsp3) is 1.00. The van der Waals surface area contributed by atoms with Gasteiger partial charge in [0.15, 0.2) is 12.6 Å². The highest BCUT2D eigenvalue weighted by Gasteiger charge is 2.56. The summed E-state index contributed by atoms with van der Waals surface area (Å²) < 4.78 is 28.9. The van der Waals surface area contributed by atoms with Crippen LogP contribution in [-0.4, -0.2) is 128 Å².